The molecule has 3 rings (SSSR count). The van der Waals surface area contributed by atoms with Crippen molar-refractivity contribution in [1.82, 2.24) is 4.98 Å². The van der Waals surface area contributed by atoms with E-state index in [1.54, 1.807) is 0 Å². The Morgan fingerprint density at radius 3 is 2.50 bits per heavy atom. The van der Waals surface area contributed by atoms with Gasteiger partial charge >= 0.3 is 6.01 Å². The summed E-state index contributed by atoms with van der Waals surface area (Å²) in [6.07, 6.45) is 0. The number of benzene rings is 2. The van der Waals surface area contributed by atoms with Crippen molar-refractivity contribution in [2.45, 2.75) is 0 Å². The first kappa shape index (κ1) is 10.5. The number of hydrogen-bond acceptors (Lipinski definition) is 3. The zero-order valence-electron chi connectivity index (χ0n) is 9.58. The van der Waals surface area contributed by atoms with Crippen LogP contribution in [0.4, 0.5) is 6.01 Å². The Morgan fingerprint density at radius 2 is 1.72 bits per heavy atom. The lowest BCUT2D eigenvalue weighted by Crippen LogP contribution is -2.12. The molecule has 88 valence electrons. The van der Waals surface area contributed by atoms with Crippen LogP contribution in [0.2, 0.25) is 0 Å². The van der Waals surface area contributed by atoms with Gasteiger partial charge in [0.1, 0.15) is 11.4 Å². The molecular formula is C14H11N3O. The lowest BCUT2D eigenvalue weighted by Gasteiger charge is -1.97. The number of nitrogens with zero attached hydrogens (tertiary/aromatic N) is 2. The van der Waals surface area contributed by atoms with Gasteiger partial charge in [-0.25, -0.2) is 0 Å². The van der Waals surface area contributed by atoms with Gasteiger partial charge in [-0.1, -0.05) is 42.5 Å². The second-order valence-corrected chi connectivity index (χ2v) is 3.83. The van der Waals surface area contributed by atoms with Crippen LogP contribution in [0.25, 0.3) is 11.1 Å². The third kappa shape index (κ3) is 1.96. The summed E-state index contributed by atoms with van der Waals surface area (Å²) in [5.41, 5.74) is 8.23. The Hall–Kier alpha value is -2.62. The number of aromatic nitrogens is 1. The van der Waals surface area contributed by atoms with Crippen LogP contribution in [0, 0.1) is 0 Å². The quantitative estimate of drug-likeness (QED) is 0.550. The van der Waals surface area contributed by atoms with Gasteiger partial charge in [-0.2, -0.15) is 9.98 Å². The molecule has 1 aromatic heterocycles. The smallest absolute Gasteiger partial charge is 0.324 e. The van der Waals surface area contributed by atoms with Gasteiger partial charge in [0.2, 0.25) is 0 Å². The normalized spacial score (nSPS) is 11.9. The van der Waals surface area contributed by atoms with Crippen LogP contribution >= 0.6 is 0 Å². The minimum atomic E-state index is 0.276. The van der Waals surface area contributed by atoms with Gasteiger partial charge in [-0.15, -0.1) is 0 Å². The molecule has 3 aromatic rings. The molecule has 18 heavy (non-hydrogen) atoms. The first-order chi connectivity index (χ1) is 8.83. The average molecular weight is 237 g/mol. The van der Waals surface area contributed by atoms with Crippen LogP contribution in [0.15, 0.2) is 64.0 Å². The first-order valence-electron chi connectivity index (χ1n) is 5.58. The van der Waals surface area contributed by atoms with Gasteiger partial charge in [-0.3, -0.25) is 0 Å². The van der Waals surface area contributed by atoms with Crippen molar-refractivity contribution in [2.75, 3.05) is 0 Å². The number of nitrogens with two attached hydrogens (primary N) is 1. The lowest BCUT2D eigenvalue weighted by molar-refractivity contribution is 0.613. The van der Waals surface area contributed by atoms with Crippen LogP contribution in [-0.4, -0.2) is 10.8 Å². The van der Waals surface area contributed by atoms with E-state index in [2.05, 4.69) is 9.98 Å². The van der Waals surface area contributed by atoms with Gasteiger partial charge in [0.05, 0.1) is 0 Å². The van der Waals surface area contributed by atoms with Crippen molar-refractivity contribution in [3.05, 3.63) is 60.2 Å². The van der Waals surface area contributed by atoms with Gasteiger partial charge in [0.15, 0.2) is 5.58 Å². The lowest BCUT2D eigenvalue weighted by atomic mass is 10.2. The van der Waals surface area contributed by atoms with Crippen LogP contribution in [-0.2, 0) is 0 Å². The standard InChI is InChI=1S/C14H11N3O/c15-13(10-6-2-1-3-7-10)17-14-16-11-8-4-5-9-12(11)18-14/h1-9H,(H2,15,16,17). The largest absolute Gasteiger partial charge is 0.422 e. The molecule has 0 aliphatic heterocycles. The second kappa shape index (κ2) is 4.33. The van der Waals surface area contributed by atoms with Crippen molar-refractivity contribution in [2.24, 2.45) is 10.7 Å². The molecule has 0 aliphatic rings. The summed E-state index contributed by atoms with van der Waals surface area (Å²) in [5, 5.41) is 0. The number of rotatable bonds is 2. The molecule has 0 atom stereocenters. The third-order valence-corrected chi connectivity index (χ3v) is 2.57. The Morgan fingerprint density at radius 1 is 1.00 bits per heavy atom. The molecular weight excluding hydrogens is 226 g/mol. The van der Waals surface area contributed by atoms with Gasteiger partial charge in [0, 0.05) is 5.56 Å². The first-order valence-corrected chi connectivity index (χ1v) is 5.58. The van der Waals surface area contributed by atoms with Crippen LogP contribution in [0.3, 0.4) is 0 Å². The Balaban J connectivity index is 2.00. The Labute approximate surface area is 104 Å². The molecule has 0 spiro atoms. The third-order valence-electron chi connectivity index (χ3n) is 2.57. The second-order valence-electron chi connectivity index (χ2n) is 3.83. The highest BCUT2D eigenvalue weighted by atomic mass is 16.4. The molecule has 0 saturated carbocycles. The molecule has 2 aromatic carbocycles. The van der Waals surface area contributed by atoms with Crippen LogP contribution < -0.4 is 5.73 Å². The summed E-state index contributed by atoms with van der Waals surface area (Å²) < 4.78 is 5.48. The molecule has 0 bridgehead atoms. The summed E-state index contributed by atoms with van der Waals surface area (Å²) in [7, 11) is 0. The molecule has 0 amide bonds. The van der Waals surface area contributed by atoms with E-state index >= 15 is 0 Å². The number of fused-ring (bicyclic) bond motifs is 1. The van der Waals surface area contributed by atoms with E-state index in [4.69, 9.17) is 10.2 Å². The van der Waals surface area contributed by atoms with Crippen molar-refractivity contribution < 1.29 is 4.42 Å². The van der Waals surface area contributed by atoms with E-state index in [9.17, 15) is 0 Å². The van der Waals surface area contributed by atoms with E-state index in [-0.39, 0.29) is 6.01 Å². The van der Waals surface area contributed by atoms with E-state index in [1.165, 1.54) is 0 Å². The summed E-state index contributed by atoms with van der Waals surface area (Å²) >= 11 is 0. The fraction of sp³-hybridized carbons (Fsp3) is 0. The maximum atomic E-state index is 5.90. The summed E-state index contributed by atoms with van der Waals surface area (Å²) in [4.78, 5) is 8.43. The van der Waals surface area contributed by atoms with Crippen molar-refractivity contribution in [3.8, 4) is 0 Å². The van der Waals surface area contributed by atoms with Crippen LogP contribution in [0.5, 0.6) is 0 Å². The van der Waals surface area contributed by atoms with E-state index in [0.717, 1.165) is 11.1 Å². The predicted molar refractivity (Wildman–Crippen MR) is 70.8 cm³/mol. The van der Waals surface area contributed by atoms with E-state index in [1.807, 2.05) is 54.6 Å². The highest BCUT2D eigenvalue weighted by Gasteiger charge is 2.05. The average Bonchev–Trinajstić information content (AvgIpc) is 2.82. The molecule has 4 heteroatoms. The molecule has 4 nitrogen and oxygen atoms in total. The molecule has 2 N–H and O–H groups in total. The minimum Gasteiger partial charge on any atom is -0.422 e. The summed E-state index contributed by atoms with van der Waals surface area (Å²) in [6.45, 7) is 0. The monoisotopic (exact) mass is 237 g/mol. The minimum absolute atomic E-state index is 0.276. The topological polar surface area (TPSA) is 64.4 Å². The van der Waals surface area contributed by atoms with Crippen molar-refractivity contribution in [3.63, 3.8) is 0 Å². The molecule has 1 heterocycles. The molecule has 0 radical (unpaired) electrons. The van der Waals surface area contributed by atoms with Crippen molar-refractivity contribution in [1.29, 1.82) is 0 Å². The molecule has 0 saturated heterocycles. The maximum absolute atomic E-state index is 5.90. The zero-order valence-corrected chi connectivity index (χ0v) is 9.58. The molecule has 0 aliphatic carbocycles. The number of oxazole rings is 1. The van der Waals surface area contributed by atoms with Gasteiger partial charge in [-0.05, 0) is 12.1 Å². The van der Waals surface area contributed by atoms with Gasteiger partial charge < -0.3 is 10.2 Å². The number of amidine groups is 1. The summed E-state index contributed by atoms with van der Waals surface area (Å²) in [6, 6.07) is 17.3. The van der Waals surface area contributed by atoms with Gasteiger partial charge in [0.25, 0.3) is 0 Å². The predicted octanol–water partition coefficient (Wildman–Crippen LogP) is 2.86. The Kier molecular flexibility index (Phi) is 2.53. The maximum Gasteiger partial charge on any atom is 0.324 e. The number of aliphatic imine (C=N–C) groups is 1. The highest BCUT2D eigenvalue weighted by molar-refractivity contribution is 5.98. The highest BCUT2D eigenvalue weighted by Crippen LogP contribution is 2.20. The zero-order chi connectivity index (χ0) is 12.4. The van der Waals surface area contributed by atoms with E-state index < -0.39 is 0 Å². The van der Waals surface area contributed by atoms with E-state index in [0.29, 0.717) is 11.4 Å². The molecule has 0 unspecified atom stereocenters. The Bertz CT molecular complexity index is 668. The number of hydrogen-bond donors (Lipinski definition) is 1. The number of para-hydroxylation sites is 2. The summed E-state index contributed by atoms with van der Waals surface area (Å²) in [5.74, 6) is 0.391. The fourth-order valence-electron chi connectivity index (χ4n) is 1.68. The fourth-order valence-corrected chi connectivity index (χ4v) is 1.68. The SMILES string of the molecule is N/C(=N\c1nc2ccccc2o1)c1ccccc1. The van der Waals surface area contributed by atoms with Crippen LogP contribution in [0.1, 0.15) is 5.56 Å². The van der Waals surface area contributed by atoms with Crippen molar-refractivity contribution >= 4 is 22.9 Å². The molecule has 0 fully saturated rings.